The number of pyridine rings is 1. The maximum absolute atomic E-state index is 11.7. The molecule has 2 rings (SSSR count). The molecule has 2 aromatic rings. The number of aromatic nitrogens is 1. The van der Waals surface area contributed by atoms with Gasteiger partial charge >= 0.3 is 11.8 Å². The lowest BCUT2D eigenvalue weighted by Gasteiger charge is -2.20. The number of hydrogen-bond donors (Lipinski definition) is 2. The van der Waals surface area contributed by atoms with Crippen LogP contribution in [-0.2, 0) is 4.74 Å². The Morgan fingerprint density at radius 1 is 1.25 bits per heavy atom. The van der Waals surface area contributed by atoms with Gasteiger partial charge in [0.15, 0.2) is 0 Å². The average Bonchev–Trinajstić information content (AvgIpc) is 2.52. The molecule has 2 N–H and O–H groups in total. The van der Waals surface area contributed by atoms with E-state index >= 15 is 0 Å². The third-order valence-electron chi connectivity index (χ3n) is 2.64. The summed E-state index contributed by atoms with van der Waals surface area (Å²) >= 11 is 0. The van der Waals surface area contributed by atoms with Crippen molar-refractivity contribution in [2.24, 2.45) is 0 Å². The van der Waals surface area contributed by atoms with Gasteiger partial charge in [-0.2, -0.15) is 0 Å². The van der Waals surface area contributed by atoms with Crippen molar-refractivity contribution in [3.8, 4) is 0 Å². The van der Waals surface area contributed by atoms with Gasteiger partial charge in [-0.1, -0.05) is 32.0 Å². The Morgan fingerprint density at radius 3 is 2.46 bits per heavy atom. The Morgan fingerprint density at radius 2 is 1.88 bits per heavy atom. The van der Waals surface area contributed by atoms with Gasteiger partial charge in [0.2, 0.25) is 0 Å². The molecule has 0 aliphatic rings. The van der Waals surface area contributed by atoms with Gasteiger partial charge in [0, 0.05) is 5.39 Å². The molecule has 0 radical (unpaired) electrons. The largest absolute Gasteiger partial charge is 0.443 e. The summed E-state index contributed by atoms with van der Waals surface area (Å²) in [6.07, 6.45) is 0.407. The van der Waals surface area contributed by atoms with Crippen LogP contribution in [0.15, 0.2) is 30.5 Å². The molecule has 0 saturated heterocycles. The van der Waals surface area contributed by atoms with E-state index in [2.05, 4.69) is 15.8 Å². The second-order valence-corrected chi connectivity index (χ2v) is 5.54. The normalized spacial score (nSPS) is 10.4. The number of carbonyl (C=O) groups excluding carboxylic acids is 1. The SMILES string of the molecule is CC.CC(C)(C)OC(=O)NNc1c([N+](=O)[O-])cnc2ccccc12. The lowest BCUT2D eigenvalue weighted by atomic mass is 10.2. The number of rotatable bonds is 3. The van der Waals surface area contributed by atoms with Gasteiger partial charge in [0.25, 0.3) is 0 Å². The van der Waals surface area contributed by atoms with Gasteiger partial charge in [0.1, 0.15) is 17.5 Å². The van der Waals surface area contributed by atoms with Crippen LogP contribution in [0.1, 0.15) is 34.6 Å². The van der Waals surface area contributed by atoms with Gasteiger partial charge in [0.05, 0.1) is 10.4 Å². The summed E-state index contributed by atoms with van der Waals surface area (Å²) < 4.78 is 5.07. The number of nitrogens with zero attached hydrogens (tertiary/aromatic N) is 2. The number of hydrogen-bond acceptors (Lipinski definition) is 6. The Bertz CT molecular complexity index is 726. The van der Waals surface area contributed by atoms with Crippen molar-refractivity contribution in [3.63, 3.8) is 0 Å². The minimum atomic E-state index is -0.734. The number of ether oxygens (including phenoxy) is 1. The van der Waals surface area contributed by atoms with Crippen LogP contribution in [0, 0.1) is 10.1 Å². The molecule has 0 atom stereocenters. The van der Waals surface area contributed by atoms with Gasteiger partial charge in [-0.25, -0.2) is 15.2 Å². The average molecular weight is 334 g/mol. The molecule has 1 aromatic heterocycles. The summed E-state index contributed by atoms with van der Waals surface area (Å²) in [6.45, 7) is 9.16. The molecule has 1 amide bonds. The number of fused-ring (bicyclic) bond motifs is 1. The topological polar surface area (TPSA) is 106 Å². The second kappa shape index (κ2) is 8.09. The first-order valence-electron chi connectivity index (χ1n) is 7.55. The van der Waals surface area contributed by atoms with Crippen molar-refractivity contribution in [2.45, 2.75) is 40.2 Å². The number of anilines is 1. The van der Waals surface area contributed by atoms with Crippen molar-refractivity contribution in [1.82, 2.24) is 10.4 Å². The smallest absolute Gasteiger partial charge is 0.426 e. The minimum absolute atomic E-state index is 0.154. The van der Waals surface area contributed by atoms with E-state index in [9.17, 15) is 14.9 Å². The third-order valence-corrected chi connectivity index (χ3v) is 2.64. The van der Waals surface area contributed by atoms with Gasteiger partial charge < -0.3 is 4.74 Å². The molecule has 0 spiro atoms. The lowest BCUT2D eigenvalue weighted by Crippen LogP contribution is -2.36. The second-order valence-electron chi connectivity index (χ2n) is 5.54. The van der Waals surface area contributed by atoms with Crippen LogP contribution in [0.25, 0.3) is 10.9 Å². The Balaban J connectivity index is 0.00000139. The number of carbonyl (C=O) groups is 1. The quantitative estimate of drug-likeness (QED) is 0.648. The monoisotopic (exact) mass is 334 g/mol. The number of hydrazine groups is 1. The summed E-state index contributed by atoms with van der Waals surface area (Å²) in [5, 5.41) is 11.6. The molecular weight excluding hydrogens is 312 g/mol. The molecule has 1 aromatic carbocycles. The van der Waals surface area contributed by atoms with Crippen LogP contribution in [-0.4, -0.2) is 21.6 Å². The van der Waals surface area contributed by atoms with E-state index in [1.165, 1.54) is 0 Å². The van der Waals surface area contributed by atoms with Crippen molar-refractivity contribution >= 4 is 28.4 Å². The zero-order valence-electron chi connectivity index (χ0n) is 14.4. The zero-order valence-corrected chi connectivity index (χ0v) is 14.4. The first-order chi connectivity index (χ1) is 11.3. The first kappa shape index (κ1) is 19.1. The molecule has 0 saturated carbocycles. The molecule has 0 fully saturated rings. The fourth-order valence-corrected chi connectivity index (χ4v) is 1.82. The van der Waals surface area contributed by atoms with Crippen LogP contribution >= 0.6 is 0 Å². The molecular formula is C16H22N4O4. The number of nitrogens with one attached hydrogen (secondary N) is 2. The van der Waals surface area contributed by atoms with Crippen molar-refractivity contribution in [3.05, 3.63) is 40.6 Å². The standard InChI is InChI=1S/C14H16N4O4.C2H6/c1-14(2,3)22-13(19)17-16-12-9-6-4-5-7-10(9)15-8-11(12)18(20)21;1-2/h4-8H,1-3H3,(H,15,16)(H,17,19);1-2H3. The molecule has 0 aliphatic carbocycles. The fraction of sp³-hybridized carbons (Fsp3) is 0.375. The van der Waals surface area contributed by atoms with Gasteiger partial charge in [-0.05, 0) is 26.8 Å². The van der Waals surface area contributed by atoms with Crippen LogP contribution in [0.2, 0.25) is 0 Å². The number of para-hydroxylation sites is 1. The third kappa shape index (κ3) is 5.08. The van der Waals surface area contributed by atoms with Gasteiger partial charge in [-0.15, -0.1) is 0 Å². The Hall–Kier alpha value is -2.90. The summed E-state index contributed by atoms with van der Waals surface area (Å²) in [4.78, 5) is 26.2. The Labute approximate surface area is 140 Å². The molecule has 0 bridgehead atoms. The number of nitro groups is 1. The van der Waals surface area contributed by atoms with Crippen molar-refractivity contribution in [2.75, 3.05) is 5.43 Å². The van der Waals surface area contributed by atoms with Crippen molar-refractivity contribution in [1.29, 1.82) is 0 Å². The van der Waals surface area contributed by atoms with E-state index < -0.39 is 16.6 Å². The molecule has 8 heteroatoms. The van der Waals surface area contributed by atoms with E-state index in [-0.39, 0.29) is 11.4 Å². The van der Waals surface area contributed by atoms with E-state index in [1.54, 1.807) is 45.0 Å². The highest BCUT2D eigenvalue weighted by molar-refractivity contribution is 5.96. The fourth-order valence-electron chi connectivity index (χ4n) is 1.82. The van der Waals surface area contributed by atoms with E-state index in [1.807, 2.05) is 13.8 Å². The molecule has 8 nitrogen and oxygen atoms in total. The summed E-state index contributed by atoms with van der Waals surface area (Å²) in [5.74, 6) is 0. The van der Waals surface area contributed by atoms with Crippen LogP contribution < -0.4 is 10.9 Å². The molecule has 24 heavy (non-hydrogen) atoms. The predicted octanol–water partition coefficient (Wildman–Crippen LogP) is 4.02. The zero-order chi connectivity index (χ0) is 18.3. The van der Waals surface area contributed by atoms with E-state index in [4.69, 9.17) is 4.74 Å². The summed E-state index contributed by atoms with van der Waals surface area (Å²) in [7, 11) is 0. The predicted molar refractivity (Wildman–Crippen MR) is 92.7 cm³/mol. The van der Waals surface area contributed by atoms with Gasteiger partial charge in [-0.3, -0.25) is 15.5 Å². The van der Waals surface area contributed by atoms with E-state index in [0.29, 0.717) is 10.9 Å². The maximum atomic E-state index is 11.7. The first-order valence-corrected chi connectivity index (χ1v) is 7.55. The van der Waals surface area contributed by atoms with Crippen LogP contribution in [0.3, 0.4) is 0 Å². The van der Waals surface area contributed by atoms with E-state index in [0.717, 1.165) is 6.20 Å². The van der Waals surface area contributed by atoms with Crippen molar-refractivity contribution < 1.29 is 14.5 Å². The number of amides is 1. The summed E-state index contributed by atoms with van der Waals surface area (Å²) in [5.41, 5.74) is 4.67. The molecule has 130 valence electrons. The Kier molecular flexibility index (Phi) is 6.46. The lowest BCUT2D eigenvalue weighted by molar-refractivity contribution is -0.384. The molecule has 0 aliphatic heterocycles. The highest BCUT2D eigenvalue weighted by atomic mass is 16.6. The van der Waals surface area contributed by atoms with Crippen LogP contribution in [0.4, 0.5) is 16.2 Å². The highest BCUT2D eigenvalue weighted by Crippen LogP contribution is 2.30. The number of benzene rings is 1. The summed E-state index contributed by atoms with van der Waals surface area (Å²) in [6, 6.07) is 6.89. The maximum Gasteiger partial charge on any atom is 0.426 e. The minimum Gasteiger partial charge on any atom is -0.443 e. The van der Waals surface area contributed by atoms with Crippen LogP contribution in [0.5, 0.6) is 0 Å². The molecule has 1 heterocycles. The molecule has 0 unspecified atom stereocenters. The highest BCUT2D eigenvalue weighted by Gasteiger charge is 2.20.